The van der Waals surface area contributed by atoms with E-state index in [0.717, 1.165) is 19.0 Å². The highest BCUT2D eigenvalue weighted by molar-refractivity contribution is 8.26. The Bertz CT molecular complexity index is 1390. The minimum Gasteiger partial charge on any atom is -0.386 e. The van der Waals surface area contributed by atoms with Gasteiger partial charge in [0, 0.05) is 23.3 Å². The molecule has 34 heavy (non-hydrogen) atoms. The van der Waals surface area contributed by atoms with Crippen molar-refractivity contribution in [1.82, 2.24) is 15.0 Å². The Hall–Kier alpha value is -3.33. The average molecular weight is 482 g/mol. The Balaban J connectivity index is 1.54. The molecule has 0 bridgehead atoms. The summed E-state index contributed by atoms with van der Waals surface area (Å²) in [5.74, 6) is 0.106. The number of hydrogen-bond acceptors (Lipinski definition) is 9. The fourth-order valence-electron chi connectivity index (χ4n) is 4.62. The Morgan fingerprint density at radius 2 is 1.97 bits per heavy atom. The van der Waals surface area contributed by atoms with Crippen molar-refractivity contribution < 1.29 is 13.5 Å². The molecular weight excluding hydrogens is 457 g/mol. The van der Waals surface area contributed by atoms with Crippen LogP contribution in [0.5, 0.6) is 0 Å². The quantitative estimate of drug-likeness (QED) is 0.430. The largest absolute Gasteiger partial charge is 0.386 e. The summed E-state index contributed by atoms with van der Waals surface area (Å²) in [5.41, 5.74) is 6.10. The lowest BCUT2D eigenvalue weighted by molar-refractivity contribution is 0.401. The monoisotopic (exact) mass is 481 g/mol. The van der Waals surface area contributed by atoms with Crippen LogP contribution in [-0.4, -0.2) is 40.4 Å². The second-order valence-electron chi connectivity index (χ2n) is 9.20. The van der Waals surface area contributed by atoms with Crippen LogP contribution in [-0.2, 0) is 5.54 Å². The number of amidine groups is 1. The molecule has 5 rings (SSSR count). The zero-order chi connectivity index (χ0) is 24.3. The number of nitrogens with two attached hydrogens (primary N) is 1. The molecule has 1 saturated carbocycles. The van der Waals surface area contributed by atoms with Gasteiger partial charge in [0.25, 0.3) is 0 Å². The van der Waals surface area contributed by atoms with Crippen LogP contribution < -0.4 is 11.1 Å². The van der Waals surface area contributed by atoms with E-state index in [1.807, 2.05) is 0 Å². The maximum Gasteiger partial charge on any atom is 0.158 e. The molecule has 0 aromatic carbocycles. The molecule has 5 N–H and O–H groups in total. The van der Waals surface area contributed by atoms with Gasteiger partial charge in [-0.25, -0.2) is 14.4 Å². The molecule has 2 atom stereocenters. The second kappa shape index (κ2) is 7.59. The number of anilines is 2. The lowest BCUT2D eigenvalue weighted by atomic mass is 9.93. The first-order valence-corrected chi connectivity index (χ1v) is 12.5. The van der Waals surface area contributed by atoms with Crippen molar-refractivity contribution in [3.05, 3.63) is 53.7 Å². The van der Waals surface area contributed by atoms with Crippen molar-refractivity contribution >= 4 is 39.0 Å². The molecule has 1 aliphatic heterocycles. The summed E-state index contributed by atoms with van der Waals surface area (Å²) in [4.78, 5) is 17.3. The van der Waals surface area contributed by atoms with Gasteiger partial charge < -0.3 is 11.1 Å². The number of fused-ring (bicyclic) bond motifs is 1. The number of nitrogens with zero attached hydrogens (tertiary/aromatic N) is 5. The smallest absolute Gasteiger partial charge is 0.158 e. The SMILES string of the molecule is C[C@@]1(c2cc(Nc3nccc4cc(C#N)cnc34)ncc2F)CS(O)(O)[C@@](C)(C2CC2)C(N)=N1. The van der Waals surface area contributed by atoms with Crippen LogP contribution in [0.2, 0.25) is 0 Å². The van der Waals surface area contributed by atoms with Crippen molar-refractivity contribution in [2.24, 2.45) is 16.6 Å². The molecule has 1 aliphatic carbocycles. The number of rotatable bonds is 4. The van der Waals surface area contributed by atoms with Crippen molar-refractivity contribution in [3.63, 3.8) is 0 Å². The van der Waals surface area contributed by atoms with Crippen LogP contribution in [0.15, 0.2) is 41.8 Å². The molecule has 3 aromatic heterocycles. The summed E-state index contributed by atoms with van der Waals surface area (Å²) < 4.78 is 36.2. The molecule has 0 saturated heterocycles. The minimum absolute atomic E-state index is 0.0665. The van der Waals surface area contributed by atoms with Gasteiger partial charge in [-0.2, -0.15) is 15.9 Å². The normalized spacial score (nSPS) is 27.0. The minimum atomic E-state index is -3.20. The fourth-order valence-corrected chi connectivity index (χ4v) is 7.07. The first-order chi connectivity index (χ1) is 16.1. The van der Waals surface area contributed by atoms with E-state index in [1.165, 1.54) is 12.3 Å². The van der Waals surface area contributed by atoms with Crippen molar-refractivity contribution in [3.8, 4) is 6.07 Å². The van der Waals surface area contributed by atoms with Gasteiger partial charge in [-0.05, 0) is 50.8 Å². The lowest BCUT2D eigenvalue weighted by Gasteiger charge is -2.55. The van der Waals surface area contributed by atoms with Crippen LogP contribution in [0.4, 0.5) is 16.0 Å². The molecule has 11 heteroatoms. The number of aromatic nitrogens is 3. The van der Waals surface area contributed by atoms with Gasteiger partial charge in [-0.3, -0.25) is 19.1 Å². The van der Waals surface area contributed by atoms with Crippen molar-refractivity contribution in [2.75, 3.05) is 11.1 Å². The van der Waals surface area contributed by atoms with Gasteiger partial charge in [0.15, 0.2) is 5.82 Å². The third-order valence-corrected chi connectivity index (χ3v) is 9.67. The first kappa shape index (κ1) is 22.5. The molecule has 2 aliphatic rings. The number of hydrogen-bond donors (Lipinski definition) is 4. The first-order valence-electron chi connectivity index (χ1n) is 10.8. The van der Waals surface area contributed by atoms with E-state index < -0.39 is 26.7 Å². The van der Waals surface area contributed by atoms with E-state index in [2.05, 4.69) is 31.3 Å². The standard InChI is InChI=1S/C23H24FN7O2S/c1-22(12-34(32,33)23(2,15-3-4-15)21(26)31-22)16-8-18(28-11-17(16)24)30-20-19-14(5-6-27-20)7-13(9-25)10-29-19/h5-8,10-11,15,32-33H,3-4,12H2,1-2H3,(H2,26,31)(H,27,28,30)/t22-,23-/m0/s1. The van der Waals surface area contributed by atoms with E-state index in [0.29, 0.717) is 22.3 Å². The van der Waals surface area contributed by atoms with Gasteiger partial charge in [0.05, 0.1) is 17.5 Å². The maximum atomic E-state index is 15.0. The summed E-state index contributed by atoms with van der Waals surface area (Å²) in [6, 6.07) is 6.96. The second-order valence-corrected chi connectivity index (χ2v) is 11.7. The molecule has 0 unspecified atom stereocenters. The van der Waals surface area contributed by atoms with Crippen molar-refractivity contribution in [1.29, 1.82) is 5.26 Å². The number of nitrogens with one attached hydrogen (secondary N) is 1. The van der Waals surface area contributed by atoms with E-state index in [-0.39, 0.29) is 28.9 Å². The number of aliphatic imine (C=N–C) groups is 1. The number of halogens is 1. The van der Waals surface area contributed by atoms with Gasteiger partial charge in [-0.15, -0.1) is 0 Å². The summed E-state index contributed by atoms with van der Waals surface area (Å²) >= 11 is 0. The summed E-state index contributed by atoms with van der Waals surface area (Å²) in [5, 5.41) is 12.9. The molecule has 0 spiro atoms. The molecule has 176 valence electrons. The van der Waals surface area contributed by atoms with Crippen LogP contribution in [0.1, 0.15) is 37.8 Å². The molecule has 0 radical (unpaired) electrons. The summed E-state index contributed by atoms with van der Waals surface area (Å²) in [7, 11) is -3.20. The lowest BCUT2D eigenvalue weighted by Crippen LogP contribution is -2.55. The zero-order valence-corrected chi connectivity index (χ0v) is 19.5. The zero-order valence-electron chi connectivity index (χ0n) is 18.7. The van der Waals surface area contributed by atoms with Crippen LogP contribution >= 0.6 is 10.6 Å². The van der Waals surface area contributed by atoms with E-state index in [4.69, 9.17) is 11.0 Å². The molecule has 3 aromatic rings. The predicted molar refractivity (Wildman–Crippen MR) is 130 cm³/mol. The average Bonchev–Trinajstić information content (AvgIpc) is 3.64. The maximum absolute atomic E-state index is 15.0. The molecule has 9 nitrogen and oxygen atoms in total. The Morgan fingerprint density at radius 3 is 2.65 bits per heavy atom. The highest BCUT2D eigenvalue weighted by Gasteiger charge is 2.58. The summed E-state index contributed by atoms with van der Waals surface area (Å²) in [6.07, 6.45) is 5.79. The Morgan fingerprint density at radius 1 is 1.21 bits per heavy atom. The molecular formula is C23H24FN7O2S. The fraction of sp³-hybridized carbons (Fsp3) is 0.348. The highest BCUT2D eigenvalue weighted by Crippen LogP contribution is 2.66. The predicted octanol–water partition coefficient (Wildman–Crippen LogP) is 4.28. The highest BCUT2D eigenvalue weighted by atomic mass is 32.3. The molecule has 0 amide bonds. The van der Waals surface area contributed by atoms with Crippen LogP contribution in [0.3, 0.4) is 0 Å². The number of pyridine rings is 3. The molecule has 4 heterocycles. The van der Waals surface area contributed by atoms with Crippen LogP contribution in [0.25, 0.3) is 10.9 Å². The summed E-state index contributed by atoms with van der Waals surface area (Å²) in [6.45, 7) is 3.38. The third kappa shape index (κ3) is 3.46. The third-order valence-electron chi connectivity index (χ3n) is 6.80. The Labute approximate surface area is 197 Å². The van der Waals surface area contributed by atoms with Crippen LogP contribution in [0, 0.1) is 23.1 Å². The van der Waals surface area contributed by atoms with E-state index in [9.17, 15) is 9.11 Å². The van der Waals surface area contributed by atoms with Gasteiger partial charge in [-0.1, -0.05) is 0 Å². The number of nitriles is 1. The van der Waals surface area contributed by atoms with Crippen molar-refractivity contribution in [2.45, 2.75) is 37.0 Å². The Kier molecular flexibility index (Phi) is 5.02. The van der Waals surface area contributed by atoms with E-state index in [1.54, 1.807) is 32.2 Å². The molecule has 1 fully saturated rings. The van der Waals surface area contributed by atoms with Gasteiger partial charge >= 0.3 is 0 Å². The van der Waals surface area contributed by atoms with Gasteiger partial charge in [0.2, 0.25) is 0 Å². The van der Waals surface area contributed by atoms with E-state index >= 15 is 4.39 Å². The van der Waals surface area contributed by atoms with Gasteiger partial charge in [0.1, 0.15) is 39.3 Å². The topological polar surface area (TPSA) is 153 Å².